The molecule has 4 rings (SSSR count). The lowest BCUT2D eigenvalue weighted by molar-refractivity contribution is 0.101. The Labute approximate surface area is 147 Å². The van der Waals surface area contributed by atoms with Gasteiger partial charge in [-0.15, -0.1) is 0 Å². The summed E-state index contributed by atoms with van der Waals surface area (Å²) in [5.41, 5.74) is 2.38. The van der Waals surface area contributed by atoms with Crippen LogP contribution in [0.15, 0.2) is 47.5 Å². The van der Waals surface area contributed by atoms with Gasteiger partial charge in [-0.2, -0.15) is 0 Å². The van der Waals surface area contributed by atoms with Crippen LogP contribution in [0, 0.1) is 0 Å². The highest BCUT2D eigenvalue weighted by molar-refractivity contribution is 6.06. The molecule has 0 N–H and O–H groups in total. The van der Waals surface area contributed by atoms with Gasteiger partial charge in [-0.25, -0.2) is 4.99 Å². The van der Waals surface area contributed by atoms with E-state index in [2.05, 4.69) is 16.8 Å². The molecule has 0 bridgehead atoms. The van der Waals surface area contributed by atoms with Crippen LogP contribution in [-0.4, -0.2) is 54.6 Å². The molecule has 2 aromatic carbocycles. The molecule has 2 aromatic rings. The van der Waals surface area contributed by atoms with E-state index in [9.17, 15) is 4.79 Å². The van der Waals surface area contributed by atoms with Gasteiger partial charge in [0, 0.05) is 31.7 Å². The SMILES string of the molecule is CC(=O)c1ccc2c(c1)C(N1CCN(C)CC1)=Nc1ccccc1O2. The van der Waals surface area contributed by atoms with Crippen molar-refractivity contribution < 1.29 is 9.53 Å². The number of rotatable bonds is 1. The molecular formula is C20H21N3O2. The summed E-state index contributed by atoms with van der Waals surface area (Å²) in [6.45, 7) is 5.37. The number of Topliss-reactive ketones (excluding diaryl/α,β-unsaturated/α-hetero) is 1. The standard InChI is InChI=1S/C20H21N3O2/c1-14(24)15-7-8-18-16(13-15)20(23-11-9-22(2)10-12-23)21-17-5-3-4-6-19(17)25-18/h3-8,13H,9-12H2,1-2H3. The summed E-state index contributed by atoms with van der Waals surface area (Å²) in [6.07, 6.45) is 0. The predicted molar refractivity (Wildman–Crippen MR) is 98.2 cm³/mol. The van der Waals surface area contributed by atoms with E-state index in [4.69, 9.17) is 9.73 Å². The molecule has 128 valence electrons. The third-order valence-corrected chi connectivity index (χ3v) is 4.74. The van der Waals surface area contributed by atoms with Crippen LogP contribution in [0.4, 0.5) is 5.69 Å². The maximum atomic E-state index is 11.9. The van der Waals surface area contributed by atoms with Crippen molar-refractivity contribution in [1.29, 1.82) is 0 Å². The molecule has 5 nitrogen and oxygen atoms in total. The number of likely N-dealkylation sites (N-methyl/N-ethyl adjacent to an activating group) is 1. The third-order valence-electron chi connectivity index (χ3n) is 4.74. The first-order chi connectivity index (χ1) is 12.1. The fourth-order valence-electron chi connectivity index (χ4n) is 3.20. The Hall–Kier alpha value is -2.66. The largest absolute Gasteiger partial charge is 0.454 e. The van der Waals surface area contributed by atoms with E-state index >= 15 is 0 Å². The minimum Gasteiger partial charge on any atom is -0.454 e. The van der Waals surface area contributed by atoms with Gasteiger partial charge >= 0.3 is 0 Å². The van der Waals surface area contributed by atoms with Gasteiger partial charge in [0.05, 0.1) is 5.56 Å². The normalized spacial score (nSPS) is 17.0. The van der Waals surface area contributed by atoms with Gasteiger partial charge in [0.1, 0.15) is 17.3 Å². The van der Waals surface area contributed by atoms with Crippen LogP contribution in [-0.2, 0) is 0 Å². The molecule has 0 atom stereocenters. The van der Waals surface area contributed by atoms with Crippen molar-refractivity contribution in [3.8, 4) is 11.5 Å². The molecule has 0 aliphatic carbocycles. The number of carbonyl (C=O) groups excluding carboxylic acids is 1. The quantitative estimate of drug-likeness (QED) is 0.750. The number of hydrogen-bond donors (Lipinski definition) is 0. The zero-order valence-corrected chi connectivity index (χ0v) is 14.5. The Morgan fingerprint density at radius 1 is 1.04 bits per heavy atom. The summed E-state index contributed by atoms with van der Waals surface area (Å²) in [5, 5.41) is 0. The molecule has 25 heavy (non-hydrogen) atoms. The first-order valence-electron chi connectivity index (χ1n) is 8.56. The third kappa shape index (κ3) is 3.03. The average Bonchev–Trinajstić information content (AvgIpc) is 2.78. The summed E-state index contributed by atoms with van der Waals surface area (Å²) in [4.78, 5) is 21.4. The van der Waals surface area contributed by atoms with Crippen LogP contribution in [0.2, 0.25) is 0 Å². The molecule has 0 aromatic heterocycles. The summed E-state index contributed by atoms with van der Waals surface area (Å²) < 4.78 is 6.12. The number of aliphatic imine (C=N–C) groups is 1. The molecule has 0 saturated carbocycles. The van der Waals surface area contributed by atoms with Gasteiger partial charge in [0.25, 0.3) is 0 Å². The monoisotopic (exact) mass is 335 g/mol. The highest BCUT2D eigenvalue weighted by atomic mass is 16.5. The molecule has 0 amide bonds. The Balaban J connectivity index is 1.85. The molecule has 2 aliphatic heterocycles. The van der Waals surface area contributed by atoms with Gasteiger partial charge in [-0.1, -0.05) is 12.1 Å². The van der Waals surface area contributed by atoms with Crippen LogP contribution >= 0.6 is 0 Å². The zero-order valence-electron chi connectivity index (χ0n) is 14.5. The fourth-order valence-corrected chi connectivity index (χ4v) is 3.20. The van der Waals surface area contributed by atoms with E-state index in [0.29, 0.717) is 5.56 Å². The molecule has 2 aliphatic rings. The Bertz CT molecular complexity index is 852. The lowest BCUT2D eigenvalue weighted by atomic mass is 10.0. The molecule has 1 fully saturated rings. The maximum Gasteiger partial charge on any atom is 0.159 e. The van der Waals surface area contributed by atoms with E-state index in [1.165, 1.54) is 0 Å². The summed E-state index contributed by atoms with van der Waals surface area (Å²) in [7, 11) is 2.13. The number of piperazine rings is 1. The van der Waals surface area contributed by atoms with E-state index in [1.54, 1.807) is 6.92 Å². The number of hydrogen-bond acceptors (Lipinski definition) is 5. The van der Waals surface area contributed by atoms with E-state index in [0.717, 1.165) is 54.8 Å². The number of carbonyl (C=O) groups is 1. The maximum absolute atomic E-state index is 11.9. The molecule has 0 spiro atoms. The van der Waals surface area contributed by atoms with Gasteiger partial charge in [-0.3, -0.25) is 4.79 Å². The second-order valence-corrected chi connectivity index (χ2v) is 6.56. The molecule has 0 radical (unpaired) electrons. The Morgan fingerprint density at radius 3 is 2.56 bits per heavy atom. The fraction of sp³-hybridized carbons (Fsp3) is 0.300. The van der Waals surface area contributed by atoms with Crippen molar-refractivity contribution >= 4 is 17.3 Å². The minimum atomic E-state index is 0.0438. The molecule has 5 heteroatoms. The lowest BCUT2D eigenvalue weighted by Crippen LogP contribution is -2.47. The Kier molecular flexibility index (Phi) is 4.01. The van der Waals surface area contributed by atoms with E-state index in [-0.39, 0.29) is 5.78 Å². The number of benzene rings is 2. The number of para-hydroxylation sites is 2. The van der Waals surface area contributed by atoms with Crippen LogP contribution in [0.3, 0.4) is 0 Å². The van der Waals surface area contributed by atoms with Crippen molar-refractivity contribution in [2.45, 2.75) is 6.92 Å². The van der Waals surface area contributed by atoms with Gasteiger partial charge in [0.2, 0.25) is 0 Å². The van der Waals surface area contributed by atoms with Crippen LogP contribution in [0.1, 0.15) is 22.8 Å². The first kappa shape index (κ1) is 15.8. The second-order valence-electron chi connectivity index (χ2n) is 6.56. The van der Waals surface area contributed by atoms with Crippen molar-refractivity contribution in [3.63, 3.8) is 0 Å². The van der Waals surface area contributed by atoms with E-state index < -0.39 is 0 Å². The van der Waals surface area contributed by atoms with Crippen LogP contribution < -0.4 is 4.74 Å². The second kappa shape index (κ2) is 6.33. The lowest BCUT2D eigenvalue weighted by Gasteiger charge is -2.34. The van der Waals surface area contributed by atoms with Gasteiger partial charge in [-0.05, 0) is 44.3 Å². The van der Waals surface area contributed by atoms with Gasteiger partial charge in [0.15, 0.2) is 11.5 Å². The smallest absolute Gasteiger partial charge is 0.159 e. The van der Waals surface area contributed by atoms with Crippen LogP contribution in [0.5, 0.6) is 11.5 Å². The Morgan fingerprint density at radius 2 is 1.80 bits per heavy atom. The zero-order chi connectivity index (χ0) is 17.4. The average molecular weight is 335 g/mol. The number of fused-ring (bicyclic) bond motifs is 2. The summed E-state index contributed by atoms with van der Waals surface area (Å²) >= 11 is 0. The van der Waals surface area contributed by atoms with Gasteiger partial charge < -0.3 is 14.5 Å². The van der Waals surface area contributed by atoms with Crippen molar-refractivity contribution in [3.05, 3.63) is 53.6 Å². The van der Waals surface area contributed by atoms with Crippen molar-refractivity contribution in [1.82, 2.24) is 9.80 Å². The highest BCUT2D eigenvalue weighted by Crippen LogP contribution is 2.38. The molecule has 0 unspecified atom stereocenters. The minimum absolute atomic E-state index is 0.0438. The summed E-state index contributed by atoms with van der Waals surface area (Å²) in [6, 6.07) is 13.4. The van der Waals surface area contributed by atoms with Crippen molar-refractivity contribution in [2.75, 3.05) is 33.2 Å². The van der Waals surface area contributed by atoms with Crippen molar-refractivity contribution in [2.24, 2.45) is 4.99 Å². The molecule has 1 saturated heterocycles. The van der Waals surface area contributed by atoms with E-state index in [1.807, 2.05) is 42.5 Å². The predicted octanol–water partition coefficient (Wildman–Crippen LogP) is 3.32. The summed E-state index contributed by atoms with van der Waals surface area (Å²) in [5.74, 6) is 2.41. The molecule has 2 heterocycles. The first-order valence-corrected chi connectivity index (χ1v) is 8.56. The topological polar surface area (TPSA) is 45.1 Å². The molecular weight excluding hydrogens is 314 g/mol. The number of nitrogens with zero attached hydrogens (tertiary/aromatic N) is 3. The number of ether oxygens (including phenoxy) is 1. The number of amidine groups is 1. The van der Waals surface area contributed by atoms with Crippen LogP contribution in [0.25, 0.3) is 0 Å². The number of ketones is 1. The highest BCUT2D eigenvalue weighted by Gasteiger charge is 2.25.